The van der Waals surface area contributed by atoms with Crippen molar-refractivity contribution in [2.75, 3.05) is 0 Å². The summed E-state index contributed by atoms with van der Waals surface area (Å²) in [6.45, 7) is 0. The van der Waals surface area contributed by atoms with Crippen LogP contribution in [-0.2, 0) is 5.41 Å². The molecule has 2 aliphatic rings. The van der Waals surface area contributed by atoms with Crippen molar-refractivity contribution in [3.8, 4) is 89.5 Å². The molecule has 0 saturated carbocycles. The summed E-state index contributed by atoms with van der Waals surface area (Å²) in [6.07, 6.45) is 0. The zero-order valence-corrected chi connectivity index (χ0v) is 35.5. The van der Waals surface area contributed by atoms with Gasteiger partial charge < -0.3 is 0 Å². The third-order valence-corrected chi connectivity index (χ3v) is 13.7. The van der Waals surface area contributed by atoms with E-state index in [1.165, 1.54) is 83.1 Å². The first-order valence-electron chi connectivity index (χ1n) is 22.4. The minimum atomic E-state index is -0.443. The Morgan fingerprint density at radius 1 is 0.277 bits per heavy atom. The quantitative estimate of drug-likeness (QED) is 0.167. The number of benzene rings is 10. The van der Waals surface area contributed by atoms with Crippen molar-refractivity contribution >= 4 is 10.8 Å². The number of aromatic nitrogens is 2. The average Bonchev–Trinajstić information content (AvgIpc) is 3.87. The molecule has 0 N–H and O–H groups in total. The Labute approximate surface area is 378 Å². The summed E-state index contributed by atoms with van der Waals surface area (Å²) in [6, 6.07) is 88.1. The molecule has 1 heterocycles. The van der Waals surface area contributed by atoms with Gasteiger partial charge in [-0.05, 0) is 101 Å². The third-order valence-electron chi connectivity index (χ3n) is 13.7. The molecule has 0 bridgehead atoms. The van der Waals surface area contributed by atoms with Crippen LogP contribution in [0.15, 0.2) is 243 Å². The normalized spacial score (nSPS) is 12.7. The van der Waals surface area contributed by atoms with Crippen molar-refractivity contribution in [2.24, 2.45) is 0 Å². The molecule has 0 unspecified atom stereocenters. The van der Waals surface area contributed by atoms with Crippen molar-refractivity contribution in [2.45, 2.75) is 5.41 Å². The zero-order chi connectivity index (χ0) is 42.9. The Morgan fingerprint density at radius 3 is 1.23 bits per heavy atom. The third kappa shape index (κ3) is 5.81. The summed E-state index contributed by atoms with van der Waals surface area (Å²) in [4.78, 5) is 10.5. The van der Waals surface area contributed by atoms with Crippen LogP contribution in [0, 0.1) is 0 Å². The van der Waals surface area contributed by atoms with E-state index in [1.807, 2.05) is 0 Å². The van der Waals surface area contributed by atoms with Gasteiger partial charge in [0.05, 0.1) is 16.8 Å². The fourth-order valence-corrected chi connectivity index (χ4v) is 10.8. The summed E-state index contributed by atoms with van der Waals surface area (Å²) in [5.74, 6) is 0.694. The maximum absolute atomic E-state index is 5.28. The molecule has 0 radical (unpaired) electrons. The number of hydrogen-bond donors (Lipinski definition) is 0. The van der Waals surface area contributed by atoms with Crippen molar-refractivity contribution in [3.63, 3.8) is 0 Å². The summed E-state index contributed by atoms with van der Waals surface area (Å²) in [5, 5.41) is 2.53. The van der Waals surface area contributed by atoms with Gasteiger partial charge in [0.25, 0.3) is 0 Å². The maximum atomic E-state index is 5.28. The van der Waals surface area contributed by atoms with Gasteiger partial charge in [-0.3, -0.25) is 0 Å². The van der Waals surface area contributed by atoms with Crippen LogP contribution in [0.25, 0.3) is 100 Å². The number of hydrogen-bond acceptors (Lipinski definition) is 2. The fraction of sp³-hybridized carbons (Fsp3) is 0.0159. The second-order valence-corrected chi connectivity index (χ2v) is 17.2. The van der Waals surface area contributed by atoms with Gasteiger partial charge in [0.1, 0.15) is 0 Å². The summed E-state index contributed by atoms with van der Waals surface area (Å²) in [7, 11) is 0. The Kier molecular flexibility index (Phi) is 8.47. The molecular formula is C63H40N2. The number of rotatable bonds is 6. The predicted molar refractivity (Wildman–Crippen MR) is 268 cm³/mol. The Hall–Kier alpha value is -8.46. The SMILES string of the molecule is c1ccc(-c2ccc(-c3cc(-c4ccc(-c5cc6ccccc6c6c5-c5ccccc5C65c6ccccc6-c6ccccc65)cc4)nc(-c4ccc(-c5ccccc5)cc4)n3)cc2)cc1. The van der Waals surface area contributed by atoms with E-state index in [9.17, 15) is 0 Å². The molecule has 0 saturated heterocycles. The highest BCUT2D eigenvalue weighted by Crippen LogP contribution is 2.65. The first-order chi connectivity index (χ1) is 32.2. The molecule has 0 aliphatic heterocycles. The first kappa shape index (κ1) is 37.1. The second-order valence-electron chi connectivity index (χ2n) is 17.2. The average molecular weight is 825 g/mol. The molecule has 0 fully saturated rings. The topological polar surface area (TPSA) is 25.8 Å². The van der Waals surface area contributed by atoms with E-state index in [1.54, 1.807) is 0 Å². The van der Waals surface area contributed by atoms with E-state index in [-0.39, 0.29) is 0 Å². The summed E-state index contributed by atoms with van der Waals surface area (Å²) < 4.78 is 0. The highest BCUT2D eigenvalue weighted by molar-refractivity contribution is 6.09. The maximum Gasteiger partial charge on any atom is 0.160 e. The van der Waals surface area contributed by atoms with E-state index in [2.05, 4.69) is 243 Å². The molecule has 2 nitrogen and oxygen atoms in total. The van der Waals surface area contributed by atoms with Crippen LogP contribution in [0.3, 0.4) is 0 Å². The number of nitrogens with zero attached hydrogens (tertiary/aromatic N) is 2. The molecule has 10 aromatic carbocycles. The van der Waals surface area contributed by atoms with Crippen molar-refractivity contribution in [1.82, 2.24) is 9.97 Å². The Bertz CT molecular complexity index is 3460. The Morgan fingerprint density at radius 2 is 0.677 bits per heavy atom. The van der Waals surface area contributed by atoms with Gasteiger partial charge in [-0.2, -0.15) is 0 Å². The minimum Gasteiger partial charge on any atom is -0.228 e. The second kappa shape index (κ2) is 14.8. The smallest absolute Gasteiger partial charge is 0.160 e. The molecule has 0 atom stereocenters. The van der Waals surface area contributed by atoms with Crippen molar-refractivity contribution in [3.05, 3.63) is 265 Å². The first-order valence-corrected chi connectivity index (χ1v) is 22.4. The number of fused-ring (bicyclic) bond motifs is 12. The van der Waals surface area contributed by atoms with Gasteiger partial charge in [0.15, 0.2) is 5.82 Å². The molecular weight excluding hydrogens is 785 g/mol. The van der Waals surface area contributed by atoms with Crippen LogP contribution in [-0.4, -0.2) is 9.97 Å². The van der Waals surface area contributed by atoms with Gasteiger partial charge in [0, 0.05) is 16.7 Å². The van der Waals surface area contributed by atoms with Gasteiger partial charge >= 0.3 is 0 Å². The van der Waals surface area contributed by atoms with E-state index >= 15 is 0 Å². The van der Waals surface area contributed by atoms with Crippen LogP contribution in [0.2, 0.25) is 0 Å². The molecule has 1 aromatic heterocycles. The van der Waals surface area contributed by atoms with Crippen molar-refractivity contribution < 1.29 is 0 Å². The fourth-order valence-electron chi connectivity index (χ4n) is 10.8. The predicted octanol–water partition coefficient (Wildman–Crippen LogP) is 16.0. The molecule has 1 spiro atoms. The van der Waals surface area contributed by atoms with Crippen LogP contribution in [0.1, 0.15) is 22.3 Å². The molecule has 2 heteroatoms. The molecule has 0 amide bonds. The Balaban J connectivity index is 0.963. The monoisotopic (exact) mass is 824 g/mol. The summed E-state index contributed by atoms with van der Waals surface area (Å²) >= 11 is 0. The van der Waals surface area contributed by atoms with Crippen LogP contribution in [0.5, 0.6) is 0 Å². The highest BCUT2D eigenvalue weighted by atomic mass is 14.9. The largest absolute Gasteiger partial charge is 0.228 e. The van der Waals surface area contributed by atoms with E-state index < -0.39 is 5.41 Å². The highest BCUT2D eigenvalue weighted by Gasteiger charge is 2.52. The van der Waals surface area contributed by atoms with Gasteiger partial charge in [-0.25, -0.2) is 9.97 Å². The minimum absolute atomic E-state index is 0.443. The van der Waals surface area contributed by atoms with Crippen molar-refractivity contribution in [1.29, 1.82) is 0 Å². The summed E-state index contributed by atoms with van der Waals surface area (Å²) in [5.41, 5.74) is 22.1. The molecule has 11 aromatic rings. The van der Waals surface area contributed by atoms with E-state index in [0.717, 1.165) is 33.6 Å². The van der Waals surface area contributed by atoms with Crippen LogP contribution < -0.4 is 0 Å². The van der Waals surface area contributed by atoms with Crippen LogP contribution in [0.4, 0.5) is 0 Å². The standard InChI is InChI=1S/C63H40N2/c1-3-15-41(16-4-1)43-27-33-46(34-28-43)58-40-59(65-62(64-58)48-37-29-44(30-38-48)42-17-5-2-6-18-42)47-35-31-45(32-36-47)54-39-49-19-7-8-20-50(49)61-60(54)53-23-11-14-26-57(53)63(61)55-24-12-9-21-51(55)52-22-10-13-25-56(52)63/h1-40H. The lowest BCUT2D eigenvalue weighted by Crippen LogP contribution is -2.26. The molecule has 2 aliphatic carbocycles. The van der Waals surface area contributed by atoms with E-state index in [4.69, 9.17) is 9.97 Å². The zero-order valence-electron chi connectivity index (χ0n) is 35.5. The molecule has 13 rings (SSSR count). The van der Waals surface area contributed by atoms with Gasteiger partial charge in [-0.1, -0.05) is 231 Å². The molecule has 65 heavy (non-hydrogen) atoms. The van der Waals surface area contributed by atoms with E-state index in [0.29, 0.717) is 5.82 Å². The van der Waals surface area contributed by atoms with Crippen LogP contribution >= 0.6 is 0 Å². The molecule has 302 valence electrons. The lowest BCUT2D eigenvalue weighted by molar-refractivity contribution is 0.801. The van der Waals surface area contributed by atoms with Gasteiger partial charge in [0.2, 0.25) is 0 Å². The lowest BCUT2D eigenvalue weighted by atomic mass is 9.69. The lowest BCUT2D eigenvalue weighted by Gasteiger charge is -2.31. The van der Waals surface area contributed by atoms with Gasteiger partial charge in [-0.15, -0.1) is 0 Å².